The molecule has 41 heavy (non-hydrogen) atoms. The summed E-state index contributed by atoms with van der Waals surface area (Å²) in [4.78, 5) is 19.0. The summed E-state index contributed by atoms with van der Waals surface area (Å²) in [6.45, 7) is 3.92. The Balaban J connectivity index is 1.44. The van der Waals surface area contributed by atoms with Crippen LogP contribution >= 0.6 is 0 Å². The molecule has 0 spiro atoms. The number of oxazole rings is 1. The highest BCUT2D eigenvalue weighted by Crippen LogP contribution is 2.36. The van der Waals surface area contributed by atoms with Gasteiger partial charge in [0.2, 0.25) is 11.8 Å². The van der Waals surface area contributed by atoms with Crippen molar-refractivity contribution in [1.82, 2.24) is 15.5 Å². The van der Waals surface area contributed by atoms with Gasteiger partial charge in [-0.1, -0.05) is 47.6 Å². The quantitative estimate of drug-likeness (QED) is 0.250. The molecule has 0 aliphatic carbocycles. The van der Waals surface area contributed by atoms with E-state index in [1.54, 1.807) is 49.2 Å². The third-order valence-electron chi connectivity index (χ3n) is 7.20. The second kappa shape index (κ2) is 10.6. The van der Waals surface area contributed by atoms with Gasteiger partial charge in [0.15, 0.2) is 0 Å². The molecule has 1 unspecified atom stereocenters. The second-order valence-corrected chi connectivity index (χ2v) is 11.4. The summed E-state index contributed by atoms with van der Waals surface area (Å²) in [6.07, 6.45) is 3.51. The van der Waals surface area contributed by atoms with Crippen LogP contribution in [0.4, 0.5) is 16.4 Å². The Morgan fingerprint density at radius 2 is 1.80 bits per heavy atom. The summed E-state index contributed by atoms with van der Waals surface area (Å²) in [7, 11) is -4.05. The number of carbonyl (C=O) groups is 1. The highest BCUT2D eigenvalue weighted by atomic mass is 32.2. The number of para-hydroxylation sites is 1. The Kier molecular flexibility index (Phi) is 6.80. The lowest BCUT2D eigenvalue weighted by atomic mass is 9.92. The predicted molar refractivity (Wildman–Crippen MR) is 154 cm³/mol. The van der Waals surface area contributed by atoms with E-state index in [2.05, 4.69) is 20.2 Å². The molecule has 2 aromatic heterocycles. The Bertz CT molecular complexity index is 1820. The Hall–Kier alpha value is -4.90. The number of hydrogen-bond donors (Lipinski definition) is 2. The van der Waals surface area contributed by atoms with Crippen LogP contribution in [0, 0.1) is 13.8 Å². The normalized spacial score (nSPS) is 15.2. The molecule has 1 atom stereocenters. The first kappa shape index (κ1) is 26.3. The molecule has 1 fully saturated rings. The van der Waals surface area contributed by atoms with E-state index in [1.165, 1.54) is 6.26 Å². The van der Waals surface area contributed by atoms with E-state index >= 15 is 0 Å². The van der Waals surface area contributed by atoms with Gasteiger partial charge in [-0.2, -0.15) is 0 Å². The molecular weight excluding hydrogens is 542 g/mol. The highest BCUT2D eigenvalue weighted by Gasteiger charge is 2.33. The molecule has 1 aliphatic heterocycles. The number of nitrogens with zero attached hydrogens (tertiary/aromatic N) is 3. The van der Waals surface area contributed by atoms with Gasteiger partial charge in [0.05, 0.1) is 22.8 Å². The van der Waals surface area contributed by atoms with Crippen molar-refractivity contribution in [3.05, 3.63) is 102 Å². The number of hydrogen-bond acceptors (Lipinski definition) is 7. The summed E-state index contributed by atoms with van der Waals surface area (Å²) in [5.74, 6) is 0.517. The van der Waals surface area contributed by atoms with Gasteiger partial charge in [0, 0.05) is 28.9 Å². The van der Waals surface area contributed by atoms with Crippen molar-refractivity contribution in [2.45, 2.75) is 31.2 Å². The topological polar surface area (TPSA) is 131 Å². The van der Waals surface area contributed by atoms with Gasteiger partial charge in [-0.3, -0.25) is 4.90 Å². The lowest BCUT2D eigenvalue weighted by molar-refractivity contribution is 0.251. The molecule has 11 heteroatoms. The monoisotopic (exact) mass is 569 g/mol. The molecule has 5 aromatic rings. The van der Waals surface area contributed by atoms with E-state index in [1.807, 2.05) is 48.5 Å². The summed E-state index contributed by atoms with van der Waals surface area (Å²) >= 11 is 0. The van der Waals surface area contributed by atoms with Crippen LogP contribution in [0.1, 0.15) is 16.8 Å². The first-order valence-electron chi connectivity index (χ1n) is 13.0. The molecule has 0 saturated carbocycles. The van der Waals surface area contributed by atoms with Crippen LogP contribution in [0.15, 0.2) is 99.1 Å². The Labute approximate surface area is 237 Å². The molecule has 0 radical (unpaired) electrons. The van der Waals surface area contributed by atoms with Crippen molar-refractivity contribution in [2.75, 3.05) is 16.2 Å². The van der Waals surface area contributed by atoms with Crippen LogP contribution in [-0.4, -0.2) is 37.2 Å². The number of benzene rings is 3. The number of rotatable bonds is 8. The number of carbonyl (C=O) groups excluding carboxylic acids is 1. The van der Waals surface area contributed by atoms with E-state index in [9.17, 15) is 13.2 Å². The van der Waals surface area contributed by atoms with Crippen molar-refractivity contribution in [3.8, 4) is 22.6 Å². The van der Waals surface area contributed by atoms with Gasteiger partial charge < -0.3 is 14.3 Å². The molecule has 208 valence electrons. The van der Waals surface area contributed by atoms with Crippen LogP contribution < -0.4 is 14.9 Å². The maximum atomic E-state index is 13.7. The fourth-order valence-electron chi connectivity index (χ4n) is 5.02. The van der Waals surface area contributed by atoms with Crippen molar-refractivity contribution in [2.24, 2.45) is 0 Å². The van der Waals surface area contributed by atoms with Crippen molar-refractivity contribution < 1.29 is 22.2 Å². The van der Waals surface area contributed by atoms with Gasteiger partial charge in [0.25, 0.3) is 10.0 Å². The maximum Gasteiger partial charge on any atom is 0.322 e. The third kappa shape index (κ3) is 5.07. The second-order valence-electron chi connectivity index (χ2n) is 9.78. The minimum absolute atomic E-state index is 0.0748. The van der Waals surface area contributed by atoms with Gasteiger partial charge >= 0.3 is 6.03 Å². The fourth-order valence-corrected chi connectivity index (χ4v) is 6.29. The SMILES string of the molecule is Cc1noc(NS(=O)(=O)c2ccccc2-c2ccc(-c3ncco3)cc2CC2CNC(=O)N2c2ccccc2)c1C. The Morgan fingerprint density at radius 1 is 1.02 bits per heavy atom. The number of sulfonamides is 1. The van der Waals surface area contributed by atoms with E-state index in [-0.39, 0.29) is 22.9 Å². The first-order valence-corrected chi connectivity index (χ1v) is 14.5. The van der Waals surface area contributed by atoms with Gasteiger partial charge in [0.1, 0.15) is 6.26 Å². The zero-order chi connectivity index (χ0) is 28.6. The molecule has 0 bridgehead atoms. The minimum atomic E-state index is -4.05. The van der Waals surface area contributed by atoms with Gasteiger partial charge in [-0.25, -0.2) is 22.9 Å². The average molecular weight is 570 g/mol. The molecule has 2 N–H and O–H groups in total. The minimum Gasteiger partial charge on any atom is -0.445 e. The number of aromatic nitrogens is 2. The molecule has 1 saturated heterocycles. The van der Waals surface area contributed by atoms with E-state index in [4.69, 9.17) is 8.94 Å². The zero-order valence-electron chi connectivity index (χ0n) is 22.4. The third-order valence-corrected chi connectivity index (χ3v) is 8.59. The average Bonchev–Trinajstić information content (AvgIpc) is 3.72. The fraction of sp³-hybridized carbons (Fsp3) is 0.167. The molecule has 3 heterocycles. The predicted octanol–water partition coefficient (Wildman–Crippen LogP) is 5.56. The van der Waals surface area contributed by atoms with Gasteiger partial charge in [-0.15, -0.1) is 0 Å². The summed E-state index contributed by atoms with van der Waals surface area (Å²) < 4.78 is 40.6. The number of aryl methyl sites for hydroxylation is 1. The van der Waals surface area contributed by atoms with E-state index in [0.717, 1.165) is 16.8 Å². The van der Waals surface area contributed by atoms with Crippen LogP contribution in [0.25, 0.3) is 22.6 Å². The van der Waals surface area contributed by atoms with Crippen LogP contribution in [0.3, 0.4) is 0 Å². The number of urea groups is 1. The largest absolute Gasteiger partial charge is 0.445 e. The molecular formula is C30H27N5O5S. The standard InChI is InChI=1S/C30H27N5O5S/c1-19-20(2)33-40-28(19)34-41(37,38)27-11-7-6-10-26(27)25-13-12-21(29-31-14-15-39-29)16-22(25)17-24-18-32-30(36)35(24)23-8-4-3-5-9-23/h3-16,24,34H,17-18H2,1-2H3,(H,32,36). The van der Waals surface area contributed by atoms with Crippen LogP contribution in [0.5, 0.6) is 0 Å². The summed E-state index contributed by atoms with van der Waals surface area (Å²) in [6, 6.07) is 21.5. The molecule has 1 aliphatic rings. The zero-order valence-corrected chi connectivity index (χ0v) is 23.2. The van der Waals surface area contributed by atoms with E-state index < -0.39 is 10.0 Å². The van der Waals surface area contributed by atoms with Crippen LogP contribution in [0.2, 0.25) is 0 Å². The molecule has 2 amide bonds. The van der Waals surface area contributed by atoms with Gasteiger partial charge in [-0.05, 0) is 61.7 Å². The first-order chi connectivity index (χ1) is 19.8. The highest BCUT2D eigenvalue weighted by molar-refractivity contribution is 7.92. The number of amides is 2. The van der Waals surface area contributed by atoms with Crippen molar-refractivity contribution in [1.29, 1.82) is 0 Å². The van der Waals surface area contributed by atoms with E-state index in [0.29, 0.717) is 41.2 Å². The van der Waals surface area contributed by atoms with Crippen molar-refractivity contribution in [3.63, 3.8) is 0 Å². The summed E-state index contributed by atoms with van der Waals surface area (Å²) in [5, 5.41) is 6.81. The Morgan fingerprint density at radius 3 is 2.54 bits per heavy atom. The maximum absolute atomic E-state index is 13.7. The molecule has 6 rings (SSSR count). The smallest absolute Gasteiger partial charge is 0.322 e. The lowest BCUT2D eigenvalue weighted by Gasteiger charge is -2.25. The number of nitrogens with one attached hydrogen (secondary N) is 2. The number of anilines is 2. The molecule has 3 aromatic carbocycles. The van der Waals surface area contributed by atoms with Crippen molar-refractivity contribution >= 4 is 27.6 Å². The lowest BCUT2D eigenvalue weighted by Crippen LogP contribution is -2.35. The molecule has 10 nitrogen and oxygen atoms in total. The summed E-state index contributed by atoms with van der Waals surface area (Å²) in [5.41, 5.74) is 4.78. The van der Waals surface area contributed by atoms with Crippen LogP contribution in [-0.2, 0) is 16.4 Å².